The van der Waals surface area contributed by atoms with Crippen LogP contribution in [0.5, 0.6) is 0 Å². The molecule has 0 aromatic heterocycles. The maximum Gasteiger partial charge on any atom is 0.323 e. The minimum Gasteiger partial charge on any atom is -0.338 e. The van der Waals surface area contributed by atoms with Crippen molar-refractivity contribution in [3.8, 4) is 0 Å². The van der Waals surface area contributed by atoms with E-state index < -0.39 is 0 Å². The molecule has 0 spiro atoms. The maximum absolute atomic E-state index is 12.2. The second-order valence-electron chi connectivity index (χ2n) is 6.64. The van der Waals surface area contributed by atoms with Gasteiger partial charge in [0.1, 0.15) is 0 Å². The lowest BCUT2D eigenvalue weighted by molar-refractivity contribution is 0.249. The van der Waals surface area contributed by atoms with Crippen LogP contribution in [0.25, 0.3) is 0 Å². The quantitative estimate of drug-likeness (QED) is 0.500. The fraction of sp³-hybridized carbons (Fsp3) is 0.500. The lowest BCUT2D eigenvalue weighted by Gasteiger charge is -2.17. The highest BCUT2D eigenvalue weighted by atomic mass is 16.2. The summed E-state index contributed by atoms with van der Waals surface area (Å²) in [6.07, 6.45) is 4.53. The Labute approximate surface area is 156 Å². The second-order valence-corrected chi connectivity index (χ2v) is 6.64. The van der Waals surface area contributed by atoms with Crippen molar-refractivity contribution in [2.24, 2.45) is 5.92 Å². The average molecular weight is 361 g/mol. The number of hydrogen-bond donors (Lipinski definition) is 4. The Morgan fingerprint density at radius 1 is 1.15 bits per heavy atom. The van der Waals surface area contributed by atoms with Gasteiger partial charge in [-0.05, 0) is 43.9 Å². The Bertz CT molecular complexity index is 628. The minimum absolute atomic E-state index is 0.230. The van der Waals surface area contributed by atoms with E-state index in [0.29, 0.717) is 29.5 Å². The third-order valence-electron chi connectivity index (χ3n) is 4.17. The van der Waals surface area contributed by atoms with Crippen molar-refractivity contribution < 1.29 is 9.59 Å². The lowest BCUT2D eigenvalue weighted by Crippen LogP contribution is -2.33. The number of nitrogens with one attached hydrogen (secondary N) is 4. The standard InChI is InChI=1S/C20H32N4O2/c1-6-8-9-16(7-2)13-21-19(25)24-18-12-17(11-10-15(18)5)23-20(26)22-14(3)4/h10-12,16H,3,6-9,13H2,1-2,4-5H3,(H2,21,24,25)(H2,22,23,26). The number of unbranched alkanes of at least 4 members (excludes halogenated alkanes) is 1. The summed E-state index contributed by atoms with van der Waals surface area (Å²) in [5.74, 6) is 0.501. The van der Waals surface area contributed by atoms with Crippen LogP contribution >= 0.6 is 0 Å². The Kier molecular flexibility index (Phi) is 9.26. The van der Waals surface area contributed by atoms with E-state index >= 15 is 0 Å². The van der Waals surface area contributed by atoms with Crippen molar-refractivity contribution in [3.05, 3.63) is 36.0 Å². The number of carbonyl (C=O) groups excluding carboxylic acids is 2. The van der Waals surface area contributed by atoms with Crippen LogP contribution in [0.1, 0.15) is 52.0 Å². The van der Waals surface area contributed by atoms with Gasteiger partial charge in [-0.25, -0.2) is 9.59 Å². The number of anilines is 2. The van der Waals surface area contributed by atoms with Gasteiger partial charge in [0.2, 0.25) is 0 Å². The van der Waals surface area contributed by atoms with Crippen LogP contribution in [0, 0.1) is 12.8 Å². The van der Waals surface area contributed by atoms with Gasteiger partial charge in [0.25, 0.3) is 0 Å². The third-order valence-corrected chi connectivity index (χ3v) is 4.17. The predicted octanol–water partition coefficient (Wildman–Crippen LogP) is 4.99. The summed E-state index contributed by atoms with van der Waals surface area (Å²) in [5.41, 5.74) is 2.74. The summed E-state index contributed by atoms with van der Waals surface area (Å²) < 4.78 is 0. The Morgan fingerprint density at radius 3 is 2.50 bits per heavy atom. The zero-order valence-corrected chi connectivity index (χ0v) is 16.4. The second kappa shape index (κ2) is 11.2. The molecule has 1 rings (SSSR count). The molecule has 0 aliphatic heterocycles. The number of rotatable bonds is 9. The van der Waals surface area contributed by atoms with Crippen LogP contribution in [0.4, 0.5) is 21.0 Å². The number of aryl methyl sites for hydroxylation is 1. The molecule has 0 aliphatic rings. The Hall–Kier alpha value is -2.50. The van der Waals surface area contributed by atoms with Crippen LogP contribution in [-0.2, 0) is 0 Å². The molecule has 0 saturated carbocycles. The van der Waals surface area contributed by atoms with Gasteiger partial charge in [0, 0.05) is 23.6 Å². The SMILES string of the molecule is C=C(C)NC(=O)Nc1ccc(C)c(NC(=O)NCC(CC)CCCC)c1. The molecule has 6 heteroatoms. The van der Waals surface area contributed by atoms with Gasteiger partial charge in [-0.1, -0.05) is 45.8 Å². The van der Waals surface area contributed by atoms with Crippen molar-refractivity contribution in [1.29, 1.82) is 0 Å². The van der Waals surface area contributed by atoms with E-state index in [0.717, 1.165) is 18.4 Å². The van der Waals surface area contributed by atoms with E-state index in [9.17, 15) is 9.59 Å². The molecule has 144 valence electrons. The summed E-state index contributed by atoms with van der Waals surface area (Å²) in [6.45, 7) is 12.2. The molecule has 0 radical (unpaired) electrons. The molecule has 0 saturated heterocycles. The third kappa shape index (κ3) is 8.05. The first-order valence-electron chi connectivity index (χ1n) is 9.24. The molecule has 26 heavy (non-hydrogen) atoms. The molecule has 1 unspecified atom stereocenters. The molecule has 4 amide bonds. The van der Waals surface area contributed by atoms with Crippen LogP contribution < -0.4 is 21.3 Å². The molecule has 1 atom stereocenters. The molecule has 1 aromatic rings. The molecule has 6 nitrogen and oxygen atoms in total. The molecular weight excluding hydrogens is 328 g/mol. The van der Waals surface area contributed by atoms with Gasteiger partial charge in [0.05, 0.1) is 0 Å². The minimum atomic E-state index is -0.363. The monoisotopic (exact) mass is 360 g/mol. The lowest BCUT2D eigenvalue weighted by atomic mass is 9.99. The summed E-state index contributed by atoms with van der Waals surface area (Å²) in [5, 5.41) is 11.1. The van der Waals surface area contributed by atoms with E-state index in [1.165, 1.54) is 12.8 Å². The zero-order chi connectivity index (χ0) is 19.5. The molecule has 0 fully saturated rings. The topological polar surface area (TPSA) is 82.3 Å². The number of benzene rings is 1. The van der Waals surface area contributed by atoms with Crippen molar-refractivity contribution in [3.63, 3.8) is 0 Å². The average Bonchev–Trinajstić information content (AvgIpc) is 2.57. The zero-order valence-electron chi connectivity index (χ0n) is 16.4. The van der Waals surface area contributed by atoms with Crippen molar-refractivity contribution in [1.82, 2.24) is 10.6 Å². The van der Waals surface area contributed by atoms with Gasteiger partial charge in [0.15, 0.2) is 0 Å². The van der Waals surface area contributed by atoms with Gasteiger partial charge in [-0.15, -0.1) is 0 Å². The normalized spacial score (nSPS) is 11.4. The molecule has 1 aromatic carbocycles. The number of amides is 4. The first kappa shape index (κ1) is 21.5. The summed E-state index contributed by atoms with van der Waals surface area (Å²) in [4.78, 5) is 24.0. The maximum atomic E-state index is 12.2. The van der Waals surface area contributed by atoms with Gasteiger partial charge in [-0.3, -0.25) is 0 Å². The highest BCUT2D eigenvalue weighted by Gasteiger charge is 2.10. The van der Waals surface area contributed by atoms with Crippen molar-refractivity contribution in [2.75, 3.05) is 17.2 Å². The van der Waals surface area contributed by atoms with Gasteiger partial charge < -0.3 is 21.3 Å². The molecule has 0 bridgehead atoms. The molecular formula is C20H32N4O2. The van der Waals surface area contributed by atoms with E-state index in [1.54, 1.807) is 19.1 Å². The predicted molar refractivity (Wildman–Crippen MR) is 108 cm³/mol. The largest absolute Gasteiger partial charge is 0.338 e. The highest BCUT2D eigenvalue weighted by molar-refractivity contribution is 5.93. The Balaban J connectivity index is 2.62. The number of urea groups is 2. The fourth-order valence-electron chi connectivity index (χ4n) is 2.54. The Morgan fingerprint density at radius 2 is 1.88 bits per heavy atom. The number of allylic oxidation sites excluding steroid dienone is 1. The molecule has 0 heterocycles. The van der Waals surface area contributed by atoms with Crippen LogP contribution in [0.15, 0.2) is 30.5 Å². The molecule has 4 N–H and O–H groups in total. The van der Waals surface area contributed by atoms with E-state index in [-0.39, 0.29) is 12.1 Å². The van der Waals surface area contributed by atoms with Crippen LogP contribution in [0.2, 0.25) is 0 Å². The van der Waals surface area contributed by atoms with Gasteiger partial charge in [-0.2, -0.15) is 0 Å². The van der Waals surface area contributed by atoms with Gasteiger partial charge >= 0.3 is 12.1 Å². The molecule has 0 aliphatic carbocycles. The number of carbonyl (C=O) groups is 2. The fourth-order valence-corrected chi connectivity index (χ4v) is 2.54. The van der Waals surface area contributed by atoms with Crippen molar-refractivity contribution >= 4 is 23.4 Å². The van der Waals surface area contributed by atoms with Crippen LogP contribution in [0.3, 0.4) is 0 Å². The van der Waals surface area contributed by atoms with E-state index in [2.05, 4.69) is 41.7 Å². The first-order valence-corrected chi connectivity index (χ1v) is 9.24. The summed E-state index contributed by atoms with van der Waals surface area (Å²) >= 11 is 0. The number of hydrogen-bond acceptors (Lipinski definition) is 2. The smallest absolute Gasteiger partial charge is 0.323 e. The van der Waals surface area contributed by atoms with Crippen molar-refractivity contribution in [2.45, 2.75) is 53.4 Å². The van der Waals surface area contributed by atoms with Crippen LogP contribution in [-0.4, -0.2) is 18.6 Å². The first-order chi connectivity index (χ1) is 12.3. The summed E-state index contributed by atoms with van der Waals surface area (Å²) in [7, 11) is 0. The van der Waals surface area contributed by atoms with E-state index in [1.807, 2.05) is 13.0 Å². The highest BCUT2D eigenvalue weighted by Crippen LogP contribution is 2.20. The van der Waals surface area contributed by atoms with E-state index in [4.69, 9.17) is 0 Å². The summed E-state index contributed by atoms with van der Waals surface area (Å²) in [6, 6.07) is 4.78.